The van der Waals surface area contributed by atoms with Gasteiger partial charge in [-0.1, -0.05) is 6.08 Å². The van der Waals surface area contributed by atoms with Crippen molar-refractivity contribution >= 4 is 45.9 Å². The Kier molecular flexibility index (Phi) is 5.88. The Balaban J connectivity index is 1.95. The molecular formula is C16H21BrN2O5S. The SMILES string of the molecule is CC=C1C(=O)N2C(C(=O)O)=C(SCCN(Br)C(=O)OC(C)(C)C)CC12. The number of allylic oxidation sites excluding steroid dienone is 1. The predicted molar refractivity (Wildman–Crippen MR) is 98.0 cm³/mol. The second-order valence-electron chi connectivity index (χ2n) is 6.63. The molecule has 138 valence electrons. The van der Waals surface area contributed by atoms with Crippen LogP contribution in [0.25, 0.3) is 0 Å². The lowest BCUT2D eigenvalue weighted by Crippen LogP contribution is -2.52. The molecule has 2 amide bonds. The smallest absolute Gasteiger partial charge is 0.420 e. The van der Waals surface area contributed by atoms with Crippen LogP contribution in [0.5, 0.6) is 0 Å². The van der Waals surface area contributed by atoms with Gasteiger partial charge in [-0.05, 0) is 27.7 Å². The number of rotatable bonds is 5. The Morgan fingerprint density at radius 1 is 1.48 bits per heavy atom. The monoisotopic (exact) mass is 432 g/mol. The highest BCUT2D eigenvalue weighted by Gasteiger charge is 2.51. The zero-order valence-electron chi connectivity index (χ0n) is 14.5. The van der Waals surface area contributed by atoms with Crippen molar-refractivity contribution in [2.75, 3.05) is 12.3 Å². The topological polar surface area (TPSA) is 87.2 Å². The van der Waals surface area contributed by atoms with Gasteiger partial charge in [0.15, 0.2) is 0 Å². The molecule has 0 bridgehead atoms. The number of carboxylic acid groups (broad SMARTS) is 1. The quantitative estimate of drug-likeness (QED) is 0.407. The molecule has 0 aliphatic carbocycles. The first-order chi connectivity index (χ1) is 11.6. The molecule has 25 heavy (non-hydrogen) atoms. The number of carbonyl (C=O) groups is 3. The van der Waals surface area contributed by atoms with Crippen molar-refractivity contribution in [3.05, 3.63) is 22.3 Å². The number of carboxylic acids is 1. The van der Waals surface area contributed by atoms with Gasteiger partial charge < -0.3 is 9.84 Å². The summed E-state index contributed by atoms with van der Waals surface area (Å²) in [5.74, 6) is -0.857. The lowest BCUT2D eigenvalue weighted by atomic mass is 9.94. The Labute approximate surface area is 159 Å². The van der Waals surface area contributed by atoms with Gasteiger partial charge in [0.25, 0.3) is 5.91 Å². The summed E-state index contributed by atoms with van der Waals surface area (Å²) in [4.78, 5) is 37.4. The largest absolute Gasteiger partial charge is 0.477 e. The number of ether oxygens (including phenoxy) is 1. The molecule has 2 aliphatic heterocycles. The van der Waals surface area contributed by atoms with E-state index >= 15 is 0 Å². The fourth-order valence-corrected chi connectivity index (χ4v) is 4.28. The van der Waals surface area contributed by atoms with Crippen LogP contribution in [-0.2, 0) is 14.3 Å². The molecule has 2 rings (SSSR count). The summed E-state index contributed by atoms with van der Waals surface area (Å²) in [5, 5.41) is 9.43. The minimum absolute atomic E-state index is 0.0593. The van der Waals surface area contributed by atoms with Crippen LogP contribution in [0, 0.1) is 0 Å². The fourth-order valence-electron chi connectivity index (χ4n) is 2.68. The Hall–Kier alpha value is -1.48. The summed E-state index contributed by atoms with van der Waals surface area (Å²) in [5.41, 5.74) is 0.130. The standard InChI is InChI=1S/C16H21BrN2O5S/c1-5-9-10-8-11(12(14(21)22)19(10)13(9)20)25-7-6-18(17)15(23)24-16(2,3)4/h5,10H,6-8H2,1-4H3,(H,21,22). The van der Waals surface area contributed by atoms with Crippen LogP contribution >= 0.6 is 27.9 Å². The van der Waals surface area contributed by atoms with E-state index in [0.717, 1.165) is 0 Å². The summed E-state index contributed by atoms with van der Waals surface area (Å²) in [7, 11) is 0. The summed E-state index contributed by atoms with van der Waals surface area (Å²) in [6, 6.07) is -0.169. The van der Waals surface area contributed by atoms with Crippen LogP contribution in [0.1, 0.15) is 34.1 Å². The first-order valence-electron chi connectivity index (χ1n) is 7.82. The molecule has 0 saturated carbocycles. The minimum atomic E-state index is -1.10. The highest BCUT2D eigenvalue weighted by molar-refractivity contribution is 9.07. The van der Waals surface area contributed by atoms with Crippen molar-refractivity contribution in [3.8, 4) is 0 Å². The van der Waals surface area contributed by atoms with Crippen molar-refractivity contribution in [3.63, 3.8) is 0 Å². The van der Waals surface area contributed by atoms with Crippen LogP contribution in [-0.4, -0.2) is 55.8 Å². The number of amides is 2. The van der Waals surface area contributed by atoms with Gasteiger partial charge in [0, 0.05) is 29.2 Å². The fraction of sp³-hybridized carbons (Fsp3) is 0.562. The first-order valence-corrected chi connectivity index (χ1v) is 9.51. The van der Waals surface area contributed by atoms with Gasteiger partial charge >= 0.3 is 12.1 Å². The maximum atomic E-state index is 12.0. The Bertz CT molecular complexity index is 668. The van der Waals surface area contributed by atoms with E-state index in [0.29, 0.717) is 29.2 Å². The molecule has 1 fully saturated rings. The Morgan fingerprint density at radius 2 is 2.12 bits per heavy atom. The highest BCUT2D eigenvalue weighted by atomic mass is 79.9. The van der Waals surface area contributed by atoms with Crippen LogP contribution in [0.3, 0.4) is 0 Å². The number of aliphatic carboxylic acids is 1. The molecule has 0 aromatic heterocycles. The molecule has 0 aromatic carbocycles. The maximum absolute atomic E-state index is 12.0. The molecule has 2 aliphatic rings. The van der Waals surface area contributed by atoms with E-state index in [1.54, 1.807) is 33.8 Å². The third kappa shape index (κ3) is 4.20. The average Bonchev–Trinajstić information content (AvgIpc) is 2.81. The second kappa shape index (κ2) is 7.41. The summed E-state index contributed by atoms with van der Waals surface area (Å²) in [6.07, 6.45) is 1.74. The first kappa shape index (κ1) is 19.8. The molecule has 1 atom stereocenters. The van der Waals surface area contributed by atoms with E-state index in [4.69, 9.17) is 4.74 Å². The van der Waals surface area contributed by atoms with Crippen molar-refractivity contribution in [1.29, 1.82) is 0 Å². The normalized spacial score (nSPS) is 21.3. The molecule has 0 aromatic rings. The number of hydrogen-bond donors (Lipinski definition) is 1. The number of nitrogens with zero attached hydrogens (tertiary/aromatic N) is 2. The molecule has 1 unspecified atom stereocenters. The second-order valence-corrected chi connectivity index (χ2v) is 8.68. The van der Waals surface area contributed by atoms with Crippen LogP contribution in [0.4, 0.5) is 4.79 Å². The van der Waals surface area contributed by atoms with E-state index in [-0.39, 0.29) is 17.6 Å². The Morgan fingerprint density at radius 3 is 2.64 bits per heavy atom. The zero-order chi connectivity index (χ0) is 18.9. The molecule has 7 nitrogen and oxygen atoms in total. The highest BCUT2D eigenvalue weighted by Crippen LogP contribution is 2.45. The molecule has 0 spiro atoms. The number of thioether (sulfide) groups is 1. The molecular weight excluding hydrogens is 412 g/mol. The summed E-state index contributed by atoms with van der Waals surface area (Å²) in [6.45, 7) is 7.46. The van der Waals surface area contributed by atoms with Crippen LogP contribution < -0.4 is 0 Å². The van der Waals surface area contributed by atoms with Crippen molar-refractivity contribution in [1.82, 2.24) is 8.83 Å². The van der Waals surface area contributed by atoms with Crippen LogP contribution in [0.15, 0.2) is 22.3 Å². The van der Waals surface area contributed by atoms with E-state index in [2.05, 4.69) is 16.1 Å². The van der Waals surface area contributed by atoms with Gasteiger partial charge in [-0.25, -0.2) is 13.5 Å². The van der Waals surface area contributed by atoms with Crippen molar-refractivity contribution in [2.24, 2.45) is 0 Å². The van der Waals surface area contributed by atoms with Gasteiger partial charge in [-0.15, -0.1) is 11.8 Å². The van der Waals surface area contributed by atoms with Gasteiger partial charge in [-0.3, -0.25) is 9.69 Å². The van der Waals surface area contributed by atoms with E-state index in [9.17, 15) is 19.5 Å². The number of fused-ring (bicyclic) bond motifs is 1. The van der Waals surface area contributed by atoms with E-state index < -0.39 is 17.7 Å². The van der Waals surface area contributed by atoms with Gasteiger partial charge in [0.05, 0.1) is 22.2 Å². The lowest BCUT2D eigenvalue weighted by Gasteiger charge is -2.37. The number of carbonyl (C=O) groups excluding carboxylic acids is 2. The van der Waals surface area contributed by atoms with E-state index in [1.807, 2.05) is 0 Å². The third-order valence-corrected chi connectivity index (χ3v) is 5.43. The molecule has 2 heterocycles. The maximum Gasteiger partial charge on any atom is 0.420 e. The van der Waals surface area contributed by atoms with Crippen molar-refractivity contribution in [2.45, 2.75) is 45.8 Å². The summed E-state index contributed by atoms with van der Waals surface area (Å²) < 4.78 is 6.51. The number of β-lactam (4-membered cyclic amide) rings is 1. The average molecular weight is 433 g/mol. The lowest BCUT2D eigenvalue weighted by molar-refractivity contribution is -0.142. The predicted octanol–water partition coefficient (Wildman–Crippen LogP) is 3.12. The number of halogens is 1. The van der Waals surface area contributed by atoms with Gasteiger partial charge in [-0.2, -0.15) is 0 Å². The third-order valence-electron chi connectivity index (χ3n) is 3.69. The zero-order valence-corrected chi connectivity index (χ0v) is 16.9. The van der Waals surface area contributed by atoms with E-state index in [1.165, 1.54) is 20.6 Å². The van der Waals surface area contributed by atoms with Gasteiger partial charge in [0.2, 0.25) is 0 Å². The minimum Gasteiger partial charge on any atom is -0.477 e. The number of hydrogen-bond acceptors (Lipinski definition) is 5. The molecule has 0 radical (unpaired) electrons. The van der Waals surface area contributed by atoms with Gasteiger partial charge in [0.1, 0.15) is 11.3 Å². The van der Waals surface area contributed by atoms with Crippen LogP contribution in [0.2, 0.25) is 0 Å². The molecule has 1 saturated heterocycles. The van der Waals surface area contributed by atoms with Crippen molar-refractivity contribution < 1.29 is 24.2 Å². The molecule has 9 heteroatoms. The molecule has 1 N–H and O–H groups in total. The summed E-state index contributed by atoms with van der Waals surface area (Å²) >= 11 is 4.50.